The van der Waals surface area contributed by atoms with Crippen LogP contribution in [0.25, 0.3) is 0 Å². The largest absolute Gasteiger partial charge is 0.384 e. The van der Waals surface area contributed by atoms with Crippen LogP contribution in [0.1, 0.15) is 40.0 Å². The summed E-state index contributed by atoms with van der Waals surface area (Å²) in [6, 6.07) is 0. The predicted octanol–water partition coefficient (Wildman–Crippen LogP) is 3.41. The van der Waals surface area contributed by atoms with Crippen molar-refractivity contribution in [3.05, 3.63) is 12.2 Å². The second-order valence-electron chi connectivity index (χ2n) is 4.06. The zero-order valence-electron chi connectivity index (χ0n) is 8.89. The first kappa shape index (κ1) is 11.7. The van der Waals surface area contributed by atoms with Crippen LogP contribution in [0.2, 0.25) is 0 Å². The van der Waals surface area contributed by atoms with Crippen molar-refractivity contribution in [2.45, 2.75) is 40.0 Å². The summed E-state index contributed by atoms with van der Waals surface area (Å²) < 4.78 is 5.15. The van der Waals surface area contributed by atoms with E-state index < -0.39 is 0 Å². The highest BCUT2D eigenvalue weighted by molar-refractivity contribution is 4.78. The molecule has 0 aliphatic heterocycles. The smallest absolute Gasteiger partial charge is 0.0513 e. The van der Waals surface area contributed by atoms with E-state index in [0.29, 0.717) is 5.41 Å². The Morgan fingerprint density at radius 2 is 2.00 bits per heavy atom. The third kappa shape index (κ3) is 6.41. The molecular formula is C11H22O. The molecule has 0 aromatic carbocycles. The van der Waals surface area contributed by atoms with E-state index in [4.69, 9.17) is 4.74 Å². The monoisotopic (exact) mass is 170 g/mol. The Morgan fingerprint density at radius 1 is 1.33 bits per heavy atom. The number of allylic oxidation sites excluding steroid dienone is 2. The third-order valence-electron chi connectivity index (χ3n) is 2.00. The Bertz CT molecular complexity index is 125. The molecule has 0 spiro atoms. The molecule has 0 radical (unpaired) electrons. The lowest BCUT2D eigenvalue weighted by atomic mass is 9.88. The molecule has 1 heteroatoms. The first-order valence-corrected chi connectivity index (χ1v) is 4.72. The number of hydrogen-bond acceptors (Lipinski definition) is 1. The topological polar surface area (TPSA) is 9.23 Å². The third-order valence-corrected chi connectivity index (χ3v) is 2.00. The van der Waals surface area contributed by atoms with E-state index in [-0.39, 0.29) is 0 Å². The zero-order chi connectivity index (χ0) is 9.45. The maximum atomic E-state index is 5.15. The fourth-order valence-electron chi connectivity index (χ4n) is 1.33. The molecule has 0 aromatic heterocycles. The van der Waals surface area contributed by atoms with E-state index in [1.54, 1.807) is 7.11 Å². The van der Waals surface area contributed by atoms with Crippen LogP contribution in [0.3, 0.4) is 0 Å². The van der Waals surface area contributed by atoms with E-state index in [1.165, 1.54) is 19.3 Å². The minimum absolute atomic E-state index is 0.344. The Kier molecular flexibility index (Phi) is 6.09. The normalized spacial score (nSPS) is 12.7. The molecule has 0 amide bonds. The average molecular weight is 170 g/mol. The van der Waals surface area contributed by atoms with Gasteiger partial charge in [-0.1, -0.05) is 26.0 Å². The summed E-state index contributed by atoms with van der Waals surface area (Å²) in [6.45, 7) is 7.45. The average Bonchev–Trinajstić information content (AvgIpc) is 1.98. The summed E-state index contributed by atoms with van der Waals surface area (Å²) in [6.07, 6.45) is 8.04. The van der Waals surface area contributed by atoms with Crippen molar-refractivity contribution in [2.24, 2.45) is 5.41 Å². The maximum absolute atomic E-state index is 5.15. The summed E-state index contributed by atoms with van der Waals surface area (Å²) >= 11 is 0. The highest BCUT2D eigenvalue weighted by Gasteiger charge is 2.15. The molecule has 0 saturated heterocycles. The van der Waals surface area contributed by atoms with E-state index in [1.807, 2.05) is 0 Å². The van der Waals surface area contributed by atoms with E-state index in [9.17, 15) is 0 Å². The van der Waals surface area contributed by atoms with Gasteiger partial charge in [-0.15, -0.1) is 0 Å². The van der Waals surface area contributed by atoms with Crippen LogP contribution in [-0.4, -0.2) is 13.7 Å². The lowest BCUT2D eigenvalue weighted by Gasteiger charge is -2.22. The quantitative estimate of drug-likeness (QED) is 0.438. The van der Waals surface area contributed by atoms with Crippen LogP contribution in [-0.2, 0) is 4.74 Å². The molecule has 0 aromatic rings. The van der Waals surface area contributed by atoms with Crippen molar-refractivity contribution in [1.82, 2.24) is 0 Å². The van der Waals surface area contributed by atoms with E-state index in [2.05, 4.69) is 32.9 Å². The van der Waals surface area contributed by atoms with Gasteiger partial charge in [-0.25, -0.2) is 0 Å². The number of rotatable bonds is 6. The van der Waals surface area contributed by atoms with Crippen molar-refractivity contribution in [3.63, 3.8) is 0 Å². The molecule has 0 atom stereocenters. The first-order chi connectivity index (χ1) is 5.62. The fraction of sp³-hybridized carbons (Fsp3) is 0.818. The standard InChI is InChI=1S/C11H22O/c1-5-6-7-8-9-11(2,3)10-12-4/h5-6H,7-10H2,1-4H3/b6-5+. The molecule has 1 nitrogen and oxygen atoms in total. The van der Waals surface area contributed by atoms with Gasteiger partial charge in [0, 0.05) is 7.11 Å². The SMILES string of the molecule is C/C=C/CCCC(C)(C)COC. The van der Waals surface area contributed by atoms with Gasteiger partial charge in [-0.05, 0) is 31.6 Å². The minimum atomic E-state index is 0.344. The van der Waals surface area contributed by atoms with Gasteiger partial charge in [0.1, 0.15) is 0 Å². The Labute approximate surface area is 76.8 Å². The van der Waals surface area contributed by atoms with Crippen molar-refractivity contribution in [1.29, 1.82) is 0 Å². The molecule has 0 rings (SSSR count). The molecule has 0 unspecified atom stereocenters. The molecule has 72 valence electrons. The van der Waals surface area contributed by atoms with Crippen LogP contribution in [0.4, 0.5) is 0 Å². The number of ether oxygens (including phenoxy) is 1. The van der Waals surface area contributed by atoms with Crippen LogP contribution in [0.5, 0.6) is 0 Å². The van der Waals surface area contributed by atoms with E-state index >= 15 is 0 Å². The molecule has 0 fully saturated rings. The van der Waals surface area contributed by atoms with Crippen LogP contribution < -0.4 is 0 Å². The van der Waals surface area contributed by atoms with Gasteiger partial charge in [0.15, 0.2) is 0 Å². The summed E-state index contributed by atoms with van der Waals surface area (Å²) in [7, 11) is 1.77. The molecule has 0 N–H and O–H groups in total. The summed E-state index contributed by atoms with van der Waals surface area (Å²) in [5, 5.41) is 0. The highest BCUT2D eigenvalue weighted by Crippen LogP contribution is 2.23. The molecular weight excluding hydrogens is 148 g/mol. The van der Waals surface area contributed by atoms with Gasteiger partial charge in [0.2, 0.25) is 0 Å². The van der Waals surface area contributed by atoms with Crippen LogP contribution in [0, 0.1) is 5.41 Å². The van der Waals surface area contributed by atoms with Crippen LogP contribution >= 0.6 is 0 Å². The van der Waals surface area contributed by atoms with Crippen LogP contribution in [0.15, 0.2) is 12.2 Å². The van der Waals surface area contributed by atoms with Gasteiger partial charge >= 0.3 is 0 Å². The van der Waals surface area contributed by atoms with Gasteiger partial charge in [0.25, 0.3) is 0 Å². The second-order valence-corrected chi connectivity index (χ2v) is 4.06. The van der Waals surface area contributed by atoms with Gasteiger partial charge in [-0.2, -0.15) is 0 Å². The van der Waals surface area contributed by atoms with Gasteiger partial charge in [-0.3, -0.25) is 0 Å². The van der Waals surface area contributed by atoms with Gasteiger partial charge < -0.3 is 4.74 Å². The lowest BCUT2D eigenvalue weighted by Crippen LogP contribution is -2.17. The minimum Gasteiger partial charge on any atom is -0.384 e. The maximum Gasteiger partial charge on any atom is 0.0513 e. The lowest BCUT2D eigenvalue weighted by molar-refractivity contribution is 0.0970. The summed E-state index contributed by atoms with van der Waals surface area (Å²) in [5.41, 5.74) is 0.344. The second kappa shape index (κ2) is 6.24. The van der Waals surface area contributed by atoms with Crippen molar-refractivity contribution in [2.75, 3.05) is 13.7 Å². The van der Waals surface area contributed by atoms with Crippen molar-refractivity contribution < 1.29 is 4.74 Å². The molecule has 0 saturated carbocycles. The summed E-state index contributed by atoms with van der Waals surface area (Å²) in [4.78, 5) is 0. The van der Waals surface area contributed by atoms with Crippen molar-refractivity contribution in [3.8, 4) is 0 Å². The first-order valence-electron chi connectivity index (χ1n) is 4.72. The Balaban J connectivity index is 3.46. The fourth-order valence-corrected chi connectivity index (χ4v) is 1.33. The molecule has 0 heterocycles. The number of methoxy groups -OCH3 is 1. The summed E-state index contributed by atoms with van der Waals surface area (Å²) in [5.74, 6) is 0. The van der Waals surface area contributed by atoms with Crippen molar-refractivity contribution >= 4 is 0 Å². The Hall–Kier alpha value is -0.300. The van der Waals surface area contributed by atoms with Gasteiger partial charge in [0.05, 0.1) is 6.61 Å². The molecule has 0 aliphatic rings. The Morgan fingerprint density at radius 3 is 2.50 bits per heavy atom. The molecule has 0 bridgehead atoms. The molecule has 0 aliphatic carbocycles. The zero-order valence-corrected chi connectivity index (χ0v) is 8.89. The van der Waals surface area contributed by atoms with E-state index in [0.717, 1.165) is 6.61 Å². The molecule has 12 heavy (non-hydrogen) atoms. The number of hydrogen-bond donors (Lipinski definition) is 0. The number of unbranched alkanes of at least 4 members (excludes halogenated alkanes) is 1. The highest BCUT2D eigenvalue weighted by atomic mass is 16.5. The predicted molar refractivity (Wildman–Crippen MR) is 54.3 cm³/mol.